The second kappa shape index (κ2) is 5.95. The summed E-state index contributed by atoms with van der Waals surface area (Å²) in [4.78, 5) is 8.86. The summed E-state index contributed by atoms with van der Waals surface area (Å²) in [6, 6.07) is 0.370. The first kappa shape index (κ1) is 13.0. The van der Waals surface area contributed by atoms with Crippen LogP contribution < -0.4 is 10.6 Å². The fraction of sp³-hybridized carbons (Fsp3) is 0.500. The normalized spacial score (nSPS) is 12.6. The summed E-state index contributed by atoms with van der Waals surface area (Å²) in [7, 11) is 1.87. The topological polar surface area (TPSA) is 54.2 Å². The van der Waals surface area contributed by atoms with E-state index in [1.807, 2.05) is 35.6 Å². The lowest BCUT2D eigenvalue weighted by Crippen LogP contribution is -2.20. The van der Waals surface area contributed by atoms with Crippen molar-refractivity contribution in [2.45, 2.75) is 19.9 Å². The zero-order valence-corrected chi connectivity index (χ0v) is 11.8. The first-order valence-electron chi connectivity index (χ1n) is 6.10. The highest BCUT2D eigenvalue weighted by molar-refractivity contribution is 7.99. The van der Waals surface area contributed by atoms with Crippen LogP contribution in [0.25, 0.3) is 5.65 Å². The molecule has 2 heterocycles. The van der Waals surface area contributed by atoms with Crippen LogP contribution in [0, 0.1) is 0 Å². The molecule has 0 aliphatic rings. The SMILES string of the molecule is CCSCC(C)Nc1nc(NC)cn2ccnc12. The monoisotopic (exact) mass is 265 g/mol. The smallest absolute Gasteiger partial charge is 0.180 e. The van der Waals surface area contributed by atoms with Gasteiger partial charge in [-0.05, 0) is 12.7 Å². The molecule has 2 rings (SSSR count). The average Bonchev–Trinajstić information content (AvgIpc) is 2.84. The molecule has 0 aromatic carbocycles. The maximum Gasteiger partial charge on any atom is 0.180 e. The standard InChI is InChI=1S/C12H19N5S/c1-4-18-8-9(2)15-11-12-14-5-6-17(12)7-10(13-3)16-11/h5-7,9,13H,4,8H2,1-3H3,(H,15,16). The van der Waals surface area contributed by atoms with Crippen molar-refractivity contribution in [3.63, 3.8) is 0 Å². The van der Waals surface area contributed by atoms with E-state index in [9.17, 15) is 0 Å². The van der Waals surface area contributed by atoms with Crippen molar-refractivity contribution in [2.75, 3.05) is 29.2 Å². The summed E-state index contributed by atoms with van der Waals surface area (Å²) in [5.41, 5.74) is 0.863. The average molecular weight is 265 g/mol. The van der Waals surface area contributed by atoms with Gasteiger partial charge < -0.3 is 15.0 Å². The van der Waals surface area contributed by atoms with Crippen LogP contribution in [-0.2, 0) is 0 Å². The van der Waals surface area contributed by atoms with E-state index in [-0.39, 0.29) is 0 Å². The van der Waals surface area contributed by atoms with E-state index in [1.165, 1.54) is 0 Å². The van der Waals surface area contributed by atoms with E-state index in [0.717, 1.165) is 28.8 Å². The molecule has 6 heteroatoms. The Morgan fingerprint density at radius 2 is 2.33 bits per heavy atom. The number of hydrogen-bond acceptors (Lipinski definition) is 5. The van der Waals surface area contributed by atoms with Gasteiger partial charge in [0.05, 0.1) is 6.20 Å². The fourth-order valence-corrected chi connectivity index (χ4v) is 2.39. The molecule has 0 fully saturated rings. The van der Waals surface area contributed by atoms with Crippen LogP contribution in [0.4, 0.5) is 11.6 Å². The van der Waals surface area contributed by atoms with E-state index >= 15 is 0 Å². The first-order valence-corrected chi connectivity index (χ1v) is 7.25. The van der Waals surface area contributed by atoms with Crippen LogP contribution in [0.1, 0.15) is 13.8 Å². The molecular weight excluding hydrogens is 246 g/mol. The zero-order valence-electron chi connectivity index (χ0n) is 11.0. The van der Waals surface area contributed by atoms with E-state index in [4.69, 9.17) is 0 Å². The molecule has 0 saturated carbocycles. The van der Waals surface area contributed by atoms with Gasteiger partial charge in [-0.3, -0.25) is 0 Å². The molecule has 0 aliphatic carbocycles. The van der Waals surface area contributed by atoms with Crippen LogP contribution in [-0.4, -0.2) is 39.0 Å². The molecule has 2 aromatic rings. The van der Waals surface area contributed by atoms with E-state index in [2.05, 4.69) is 34.4 Å². The van der Waals surface area contributed by atoms with Crippen molar-refractivity contribution >= 4 is 29.0 Å². The van der Waals surface area contributed by atoms with Crippen LogP contribution in [0.3, 0.4) is 0 Å². The van der Waals surface area contributed by atoms with Crippen molar-refractivity contribution < 1.29 is 0 Å². The molecule has 18 heavy (non-hydrogen) atoms. The second-order valence-electron chi connectivity index (χ2n) is 4.09. The lowest BCUT2D eigenvalue weighted by molar-refractivity contribution is 0.899. The minimum absolute atomic E-state index is 0.370. The van der Waals surface area contributed by atoms with Crippen molar-refractivity contribution in [3.05, 3.63) is 18.6 Å². The Labute approximate surface area is 111 Å². The number of fused-ring (bicyclic) bond motifs is 1. The number of thioether (sulfide) groups is 1. The lowest BCUT2D eigenvalue weighted by atomic mass is 10.4. The van der Waals surface area contributed by atoms with Gasteiger partial charge in [0.15, 0.2) is 11.5 Å². The Kier molecular flexibility index (Phi) is 4.30. The quantitative estimate of drug-likeness (QED) is 0.839. The summed E-state index contributed by atoms with van der Waals surface area (Å²) in [6.45, 7) is 4.33. The van der Waals surface area contributed by atoms with Crippen LogP contribution in [0.5, 0.6) is 0 Å². The Morgan fingerprint density at radius 1 is 1.50 bits per heavy atom. The number of rotatable bonds is 6. The third-order valence-electron chi connectivity index (χ3n) is 2.59. The number of nitrogens with zero attached hydrogens (tertiary/aromatic N) is 3. The summed E-state index contributed by atoms with van der Waals surface area (Å²) in [5, 5.41) is 6.49. The third kappa shape index (κ3) is 2.87. The fourth-order valence-electron chi connectivity index (χ4n) is 1.72. The van der Waals surface area contributed by atoms with Gasteiger partial charge in [-0.2, -0.15) is 11.8 Å². The van der Waals surface area contributed by atoms with Gasteiger partial charge in [-0.15, -0.1) is 0 Å². The molecule has 0 bridgehead atoms. The molecule has 2 N–H and O–H groups in total. The molecule has 1 unspecified atom stereocenters. The molecule has 0 saturated heterocycles. The van der Waals surface area contributed by atoms with Gasteiger partial charge >= 0.3 is 0 Å². The Balaban J connectivity index is 2.22. The molecule has 2 aromatic heterocycles. The van der Waals surface area contributed by atoms with Crippen molar-refractivity contribution in [1.29, 1.82) is 0 Å². The molecular formula is C12H19N5S. The summed E-state index contributed by atoms with van der Waals surface area (Å²) in [6.07, 6.45) is 5.64. The summed E-state index contributed by atoms with van der Waals surface area (Å²) < 4.78 is 1.97. The maximum atomic E-state index is 4.52. The van der Waals surface area contributed by atoms with Gasteiger partial charge in [0.2, 0.25) is 0 Å². The Morgan fingerprint density at radius 3 is 3.06 bits per heavy atom. The Bertz CT molecular complexity index is 510. The highest BCUT2D eigenvalue weighted by Gasteiger charge is 2.09. The predicted octanol–water partition coefficient (Wildman–Crippen LogP) is 2.32. The number of aromatic nitrogens is 3. The highest BCUT2D eigenvalue weighted by Crippen LogP contribution is 2.17. The predicted molar refractivity (Wildman–Crippen MR) is 78.6 cm³/mol. The van der Waals surface area contributed by atoms with E-state index in [1.54, 1.807) is 6.20 Å². The number of hydrogen-bond donors (Lipinski definition) is 2. The lowest BCUT2D eigenvalue weighted by Gasteiger charge is -2.15. The van der Waals surface area contributed by atoms with Crippen molar-refractivity contribution in [2.24, 2.45) is 0 Å². The first-order chi connectivity index (χ1) is 8.74. The zero-order chi connectivity index (χ0) is 13.0. The van der Waals surface area contributed by atoms with E-state index in [0.29, 0.717) is 6.04 Å². The minimum Gasteiger partial charge on any atom is -0.372 e. The van der Waals surface area contributed by atoms with Gasteiger partial charge in [0, 0.05) is 31.2 Å². The second-order valence-corrected chi connectivity index (χ2v) is 5.41. The molecule has 0 spiro atoms. The minimum atomic E-state index is 0.370. The van der Waals surface area contributed by atoms with Gasteiger partial charge in [-0.25, -0.2) is 9.97 Å². The summed E-state index contributed by atoms with van der Waals surface area (Å²) >= 11 is 1.92. The largest absolute Gasteiger partial charge is 0.372 e. The van der Waals surface area contributed by atoms with Crippen molar-refractivity contribution in [3.8, 4) is 0 Å². The molecule has 0 radical (unpaired) electrons. The van der Waals surface area contributed by atoms with Gasteiger partial charge in [0.1, 0.15) is 5.82 Å². The molecule has 1 atom stereocenters. The molecule has 98 valence electrons. The number of imidazole rings is 1. The molecule has 0 amide bonds. The van der Waals surface area contributed by atoms with Crippen LogP contribution >= 0.6 is 11.8 Å². The van der Waals surface area contributed by atoms with Crippen LogP contribution in [0.2, 0.25) is 0 Å². The number of nitrogens with one attached hydrogen (secondary N) is 2. The molecule has 0 aliphatic heterocycles. The third-order valence-corrected chi connectivity index (χ3v) is 3.73. The maximum absolute atomic E-state index is 4.52. The summed E-state index contributed by atoms with van der Waals surface area (Å²) in [5.74, 6) is 3.86. The van der Waals surface area contributed by atoms with Crippen LogP contribution in [0.15, 0.2) is 18.6 Å². The number of anilines is 2. The Hall–Kier alpha value is -1.43. The molecule has 5 nitrogen and oxygen atoms in total. The van der Waals surface area contributed by atoms with Gasteiger partial charge in [-0.1, -0.05) is 6.92 Å². The van der Waals surface area contributed by atoms with Crippen molar-refractivity contribution in [1.82, 2.24) is 14.4 Å². The van der Waals surface area contributed by atoms with E-state index < -0.39 is 0 Å². The van der Waals surface area contributed by atoms with Gasteiger partial charge in [0.25, 0.3) is 0 Å². The highest BCUT2D eigenvalue weighted by atomic mass is 32.2.